The molecule has 0 aliphatic carbocycles. The second kappa shape index (κ2) is 4.51. The molecule has 5 heteroatoms. The number of hydrogen-bond donors (Lipinski definition) is 0. The summed E-state index contributed by atoms with van der Waals surface area (Å²) in [6.45, 7) is 1.38. The van der Waals surface area contributed by atoms with Gasteiger partial charge < -0.3 is 4.90 Å². The number of amides is 1. The van der Waals surface area contributed by atoms with Gasteiger partial charge in [-0.2, -0.15) is 0 Å². The van der Waals surface area contributed by atoms with Gasteiger partial charge in [0.15, 0.2) is 0 Å². The van der Waals surface area contributed by atoms with Crippen LogP contribution in [-0.2, 0) is 11.3 Å². The van der Waals surface area contributed by atoms with E-state index < -0.39 is 0 Å². The molecule has 1 amide bonds. The van der Waals surface area contributed by atoms with Crippen LogP contribution in [0.2, 0.25) is 0 Å². The van der Waals surface area contributed by atoms with Gasteiger partial charge in [-0.3, -0.25) is 9.69 Å². The third kappa shape index (κ3) is 2.41. The first-order chi connectivity index (χ1) is 7.56. The maximum atomic E-state index is 13.5. The van der Waals surface area contributed by atoms with Crippen molar-refractivity contribution in [1.82, 2.24) is 9.80 Å². The van der Waals surface area contributed by atoms with E-state index in [0.717, 1.165) is 4.47 Å². The summed E-state index contributed by atoms with van der Waals surface area (Å²) in [7, 11) is 1.75. The minimum atomic E-state index is -0.231. The molecule has 1 heterocycles. The van der Waals surface area contributed by atoms with E-state index >= 15 is 0 Å². The Hall–Kier alpha value is -0.940. The Balaban J connectivity index is 2.10. The molecule has 1 aromatic carbocycles. The number of carbonyl (C=O) groups is 1. The van der Waals surface area contributed by atoms with Gasteiger partial charge in [0.1, 0.15) is 5.82 Å². The number of hydrogen-bond acceptors (Lipinski definition) is 2. The van der Waals surface area contributed by atoms with Gasteiger partial charge in [-0.25, -0.2) is 4.39 Å². The summed E-state index contributed by atoms with van der Waals surface area (Å²) >= 11 is 3.31. The highest BCUT2D eigenvalue weighted by Gasteiger charge is 2.24. The normalized spacial score (nSPS) is 17.2. The minimum Gasteiger partial charge on any atom is -0.332 e. The third-order valence-corrected chi connectivity index (χ3v) is 3.09. The summed E-state index contributed by atoms with van der Waals surface area (Å²) in [5, 5.41) is 0. The highest BCUT2D eigenvalue weighted by atomic mass is 79.9. The van der Waals surface area contributed by atoms with E-state index in [1.807, 2.05) is 4.90 Å². The molecule has 0 spiro atoms. The molecule has 3 nitrogen and oxygen atoms in total. The predicted molar refractivity (Wildman–Crippen MR) is 62.1 cm³/mol. The molecule has 16 heavy (non-hydrogen) atoms. The van der Waals surface area contributed by atoms with Crippen LogP contribution in [0.4, 0.5) is 4.39 Å². The fraction of sp³-hybridized carbons (Fsp3) is 0.364. The van der Waals surface area contributed by atoms with Crippen molar-refractivity contribution in [2.24, 2.45) is 0 Å². The van der Waals surface area contributed by atoms with Gasteiger partial charge in [-0.05, 0) is 18.2 Å². The van der Waals surface area contributed by atoms with Crippen molar-refractivity contribution in [2.45, 2.75) is 6.54 Å². The standard InChI is InChI=1S/C11H12BrFN2O/c1-14-7-15(6-11(14)16)5-8-4-9(12)2-3-10(8)13/h2-4H,5-7H2,1H3. The Kier molecular flexibility index (Phi) is 3.25. The van der Waals surface area contributed by atoms with E-state index in [2.05, 4.69) is 15.9 Å². The van der Waals surface area contributed by atoms with Gasteiger partial charge in [-0.15, -0.1) is 0 Å². The average molecular weight is 287 g/mol. The monoisotopic (exact) mass is 286 g/mol. The van der Waals surface area contributed by atoms with Crippen LogP contribution in [0, 0.1) is 5.82 Å². The number of carbonyl (C=O) groups excluding carboxylic acids is 1. The molecular formula is C11H12BrFN2O. The van der Waals surface area contributed by atoms with E-state index in [1.54, 1.807) is 24.1 Å². The quantitative estimate of drug-likeness (QED) is 0.828. The first kappa shape index (κ1) is 11.5. The molecule has 2 rings (SSSR count). The molecule has 1 fully saturated rings. The van der Waals surface area contributed by atoms with Crippen molar-refractivity contribution >= 4 is 21.8 Å². The van der Waals surface area contributed by atoms with Crippen LogP contribution < -0.4 is 0 Å². The largest absolute Gasteiger partial charge is 0.332 e. The molecule has 1 aliphatic heterocycles. The fourth-order valence-electron chi connectivity index (χ4n) is 1.75. The predicted octanol–water partition coefficient (Wildman–Crippen LogP) is 1.82. The number of benzene rings is 1. The van der Waals surface area contributed by atoms with Crippen LogP contribution in [0.3, 0.4) is 0 Å². The molecule has 0 radical (unpaired) electrons. The summed E-state index contributed by atoms with van der Waals surface area (Å²) in [6, 6.07) is 4.85. The zero-order valence-corrected chi connectivity index (χ0v) is 10.5. The lowest BCUT2D eigenvalue weighted by molar-refractivity contribution is -0.125. The highest BCUT2D eigenvalue weighted by Crippen LogP contribution is 2.18. The van der Waals surface area contributed by atoms with Crippen LogP contribution in [-0.4, -0.2) is 36.0 Å². The Morgan fingerprint density at radius 2 is 2.25 bits per heavy atom. The molecule has 0 bridgehead atoms. The van der Waals surface area contributed by atoms with Crippen molar-refractivity contribution in [3.8, 4) is 0 Å². The van der Waals surface area contributed by atoms with Crippen molar-refractivity contribution in [3.05, 3.63) is 34.1 Å². The lowest BCUT2D eigenvalue weighted by atomic mass is 10.2. The lowest BCUT2D eigenvalue weighted by Crippen LogP contribution is -2.23. The zero-order valence-electron chi connectivity index (χ0n) is 8.91. The molecule has 0 atom stereocenters. The van der Waals surface area contributed by atoms with Crippen LogP contribution in [0.15, 0.2) is 22.7 Å². The second-order valence-electron chi connectivity index (χ2n) is 3.96. The summed E-state index contributed by atoms with van der Waals surface area (Å²) in [4.78, 5) is 14.9. The first-order valence-electron chi connectivity index (χ1n) is 4.96. The van der Waals surface area contributed by atoms with Gasteiger partial charge in [0.25, 0.3) is 0 Å². The molecule has 0 unspecified atom stereocenters. The Bertz CT molecular complexity index is 424. The number of rotatable bonds is 2. The van der Waals surface area contributed by atoms with E-state index in [0.29, 0.717) is 25.3 Å². The minimum absolute atomic E-state index is 0.0791. The van der Waals surface area contributed by atoms with Gasteiger partial charge in [-0.1, -0.05) is 15.9 Å². The summed E-state index contributed by atoms with van der Waals surface area (Å²) < 4.78 is 14.3. The van der Waals surface area contributed by atoms with Crippen LogP contribution in [0.1, 0.15) is 5.56 Å². The Morgan fingerprint density at radius 1 is 1.50 bits per heavy atom. The molecular weight excluding hydrogens is 275 g/mol. The number of nitrogens with zero attached hydrogens (tertiary/aromatic N) is 2. The van der Waals surface area contributed by atoms with Crippen molar-refractivity contribution in [2.75, 3.05) is 20.3 Å². The van der Waals surface area contributed by atoms with Gasteiger partial charge in [0.2, 0.25) is 5.91 Å². The van der Waals surface area contributed by atoms with Crippen molar-refractivity contribution < 1.29 is 9.18 Å². The fourth-order valence-corrected chi connectivity index (χ4v) is 2.16. The summed E-state index contributed by atoms with van der Waals surface area (Å²) in [5.41, 5.74) is 0.609. The topological polar surface area (TPSA) is 23.6 Å². The molecule has 0 saturated carbocycles. The summed E-state index contributed by atoms with van der Waals surface area (Å²) in [5.74, 6) is -0.152. The van der Waals surface area contributed by atoms with E-state index in [9.17, 15) is 9.18 Å². The third-order valence-electron chi connectivity index (χ3n) is 2.60. The van der Waals surface area contributed by atoms with E-state index in [4.69, 9.17) is 0 Å². The molecule has 0 N–H and O–H groups in total. The van der Waals surface area contributed by atoms with Crippen LogP contribution >= 0.6 is 15.9 Å². The van der Waals surface area contributed by atoms with Gasteiger partial charge in [0, 0.05) is 23.6 Å². The smallest absolute Gasteiger partial charge is 0.237 e. The maximum Gasteiger partial charge on any atom is 0.237 e. The molecule has 1 aromatic rings. The molecule has 1 aliphatic rings. The van der Waals surface area contributed by atoms with E-state index in [1.165, 1.54) is 6.07 Å². The Morgan fingerprint density at radius 3 is 2.88 bits per heavy atom. The van der Waals surface area contributed by atoms with Crippen LogP contribution in [0.25, 0.3) is 0 Å². The first-order valence-corrected chi connectivity index (χ1v) is 5.76. The van der Waals surface area contributed by atoms with Gasteiger partial charge in [0.05, 0.1) is 13.2 Å². The van der Waals surface area contributed by atoms with Crippen molar-refractivity contribution in [3.63, 3.8) is 0 Å². The average Bonchev–Trinajstić information content (AvgIpc) is 2.52. The molecule has 86 valence electrons. The van der Waals surface area contributed by atoms with Gasteiger partial charge >= 0.3 is 0 Å². The molecule has 1 saturated heterocycles. The zero-order chi connectivity index (χ0) is 11.7. The second-order valence-corrected chi connectivity index (χ2v) is 4.87. The number of likely N-dealkylation sites (N-methyl/N-ethyl adjacent to an activating group) is 1. The van der Waals surface area contributed by atoms with Crippen LogP contribution in [0.5, 0.6) is 0 Å². The number of halogens is 2. The molecule has 0 aromatic heterocycles. The Labute approximate surface area is 102 Å². The SMILES string of the molecule is CN1CN(Cc2cc(Br)ccc2F)CC1=O. The maximum absolute atomic E-state index is 13.5. The van der Waals surface area contributed by atoms with Crippen molar-refractivity contribution in [1.29, 1.82) is 0 Å². The summed E-state index contributed by atoms with van der Waals surface area (Å²) in [6.07, 6.45) is 0. The lowest BCUT2D eigenvalue weighted by Gasteiger charge is -2.15. The van der Waals surface area contributed by atoms with E-state index in [-0.39, 0.29) is 11.7 Å². The highest BCUT2D eigenvalue weighted by molar-refractivity contribution is 9.10.